The van der Waals surface area contributed by atoms with Crippen LogP contribution in [0.4, 0.5) is 20.5 Å². The van der Waals surface area contributed by atoms with Gasteiger partial charge in [-0.15, -0.1) is 0 Å². The number of anilines is 1. The lowest BCUT2D eigenvalue weighted by atomic mass is 9.88. The van der Waals surface area contributed by atoms with Crippen LogP contribution in [0.25, 0.3) is 0 Å². The molecule has 11 heteroatoms. The largest absolute Gasteiger partial charge is 0.393 e. The second-order valence-electron chi connectivity index (χ2n) is 7.62. The quantitative estimate of drug-likeness (QED) is 0.515. The lowest BCUT2D eigenvalue weighted by Crippen LogP contribution is -2.48. The van der Waals surface area contributed by atoms with Crippen molar-refractivity contribution >= 4 is 23.9 Å². The van der Waals surface area contributed by atoms with Crippen molar-refractivity contribution in [2.75, 3.05) is 25.1 Å². The minimum absolute atomic E-state index is 0.0570. The summed E-state index contributed by atoms with van der Waals surface area (Å²) in [6.45, 7) is -0.521. The van der Waals surface area contributed by atoms with Gasteiger partial charge in [-0.05, 0) is 38.5 Å². The number of ether oxygens (including phenoxy) is 2. The predicted molar refractivity (Wildman–Crippen MR) is 105 cm³/mol. The smallest absolute Gasteiger partial charge is 0.345 e. The van der Waals surface area contributed by atoms with Crippen LogP contribution in [-0.4, -0.2) is 71.8 Å². The number of carbonyl (C=O) groups excluding carboxylic acids is 1. The summed E-state index contributed by atoms with van der Waals surface area (Å²) in [5, 5.41) is 15.4. The normalized spacial score (nSPS) is 23.4. The Morgan fingerprint density at radius 1 is 1.40 bits per heavy atom. The van der Waals surface area contributed by atoms with Crippen molar-refractivity contribution in [3.05, 3.63) is 11.8 Å². The zero-order valence-corrected chi connectivity index (χ0v) is 16.8. The van der Waals surface area contributed by atoms with E-state index in [-0.39, 0.29) is 47.9 Å². The van der Waals surface area contributed by atoms with Gasteiger partial charge in [-0.25, -0.2) is 9.98 Å². The van der Waals surface area contributed by atoms with Gasteiger partial charge in [-0.3, -0.25) is 4.79 Å². The first-order valence-electron chi connectivity index (χ1n) is 10.0. The molecule has 1 saturated carbocycles. The number of nitrogens with one attached hydrogen (secondary N) is 2. The van der Waals surface area contributed by atoms with E-state index in [9.17, 15) is 18.7 Å². The van der Waals surface area contributed by atoms with Crippen LogP contribution in [0.1, 0.15) is 43.0 Å². The molecule has 3 rings (SSSR count). The first-order chi connectivity index (χ1) is 14.4. The minimum Gasteiger partial charge on any atom is -0.393 e. The molecule has 1 aliphatic heterocycles. The van der Waals surface area contributed by atoms with Crippen molar-refractivity contribution in [1.82, 2.24) is 15.3 Å². The van der Waals surface area contributed by atoms with E-state index in [2.05, 4.69) is 30.3 Å². The van der Waals surface area contributed by atoms with E-state index in [0.717, 1.165) is 12.8 Å². The van der Waals surface area contributed by atoms with Crippen LogP contribution < -0.4 is 10.6 Å². The summed E-state index contributed by atoms with van der Waals surface area (Å²) < 4.78 is 33.8. The summed E-state index contributed by atoms with van der Waals surface area (Å²) in [5.74, 6) is 0.192. The van der Waals surface area contributed by atoms with Gasteiger partial charge >= 0.3 is 6.61 Å². The molecule has 0 unspecified atom stereocenters. The topological polar surface area (TPSA) is 118 Å². The van der Waals surface area contributed by atoms with E-state index >= 15 is 0 Å². The summed E-state index contributed by atoms with van der Waals surface area (Å²) in [6, 6.07) is -0.527. The first-order valence-corrected chi connectivity index (χ1v) is 10.0. The van der Waals surface area contributed by atoms with Crippen molar-refractivity contribution in [1.29, 1.82) is 0 Å². The van der Waals surface area contributed by atoms with E-state index < -0.39 is 12.7 Å². The molecule has 2 aliphatic rings. The molecule has 3 N–H and O–H groups in total. The SMILES string of the molecule is C[C@@H](COC(F)F)Nc1ncc(C(=O)NC2COC2)c(N=CC2CCC(O)CC2)n1. The monoisotopic (exact) mass is 427 g/mol. The van der Waals surface area contributed by atoms with Crippen LogP contribution >= 0.6 is 0 Å². The average molecular weight is 427 g/mol. The summed E-state index contributed by atoms with van der Waals surface area (Å²) in [6.07, 6.45) is 5.89. The van der Waals surface area contributed by atoms with Crippen molar-refractivity contribution < 1.29 is 28.2 Å². The zero-order valence-electron chi connectivity index (χ0n) is 16.8. The number of hydrogen-bond donors (Lipinski definition) is 3. The number of rotatable bonds is 9. The van der Waals surface area contributed by atoms with Gasteiger partial charge in [0.2, 0.25) is 5.95 Å². The molecule has 1 saturated heterocycles. The highest BCUT2D eigenvalue weighted by molar-refractivity contribution is 5.98. The van der Waals surface area contributed by atoms with Crippen LogP contribution in [0.2, 0.25) is 0 Å². The Morgan fingerprint density at radius 3 is 2.77 bits per heavy atom. The van der Waals surface area contributed by atoms with Gasteiger partial charge in [-0.1, -0.05) is 0 Å². The molecule has 166 valence electrons. The molecule has 1 aromatic heterocycles. The van der Waals surface area contributed by atoms with Crippen molar-refractivity contribution in [2.24, 2.45) is 10.9 Å². The fourth-order valence-electron chi connectivity index (χ4n) is 3.19. The average Bonchev–Trinajstić information content (AvgIpc) is 2.68. The maximum absolute atomic E-state index is 12.6. The second-order valence-corrected chi connectivity index (χ2v) is 7.62. The number of hydrogen-bond acceptors (Lipinski definition) is 8. The maximum atomic E-state index is 12.6. The van der Waals surface area contributed by atoms with Crippen LogP contribution in [0.5, 0.6) is 0 Å². The highest BCUT2D eigenvalue weighted by Gasteiger charge is 2.24. The molecule has 0 spiro atoms. The Balaban J connectivity index is 1.72. The standard InChI is InChI=1S/C19H27F2N5O4/c1-11(8-30-18(20)21)24-19-23-7-15(17(28)25-13-9-29-10-13)16(26-19)22-6-12-2-4-14(27)5-3-12/h6-7,11-14,18,27H,2-5,8-10H2,1H3,(H,25,28)(H,23,24,26)/t11-,12?,14?/m0/s1. The van der Waals surface area contributed by atoms with E-state index in [0.29, 0.717) is 26.1 Å². The summed E-state index contributed by atoms with van der Waals surface area (Å²) in [7, 11) is 0. The number of aromatic nitrogens is 2. The maximum Gasteiger partial charge on any atom is 0.345 e. The van der Waals surface area contributed by atoms with E-state index in [1.54, 1.807) is 13.1 Å². The molecular weight excluding hydrogens is 400 g/mol. The lowest BCUT2D eigenvalue weighted by Gasteiger charge is -2.26. The zero-order chi connectivity index (χ0) is 21.5. The molecule has 0 radical (unpaired) electrons. The molecule has 1 aromatic rings. The van der Waals surface area contributed by atoms with Gasteiger partial charge in [0.25, 0.3) is 5.91 Å². The number of carbonyl (C=O) groups is 1. The van der Waals surface area contributed by atoms with Gasteiger partial charge in [0, 0.05) is 18.5 Å². The van der Waals surface area contributed by atoms with Gasteiger partial charge in [0.05, 0.1) is 32.0 Å². The second kappa shape index (κ2) is 10.7. The van der Waals surface area contributed by atoms with Gasteiger partial charge in [0.1, 0.15) is 5.56 Å². The number of aliphatic imine (C=N–C) groups is 1. The Hall–Kier alpha value is -2.24. The Morgan fingerprint density at radius 2 is 2.13 bits per heavy atom. The fraction of sp³-hybridized carbons (Fsp3) is 0.684. The number of nitrogens with zero attached hydrogens (tertiary/aromatic N) is 3. The molecule has 1 atom stereocenters. The predicted octanol–water partition coefficient (Wildman–Crippen LogP) is 1.90. The minimum atomic E-state index is -2.86. The van der Waals surface area contributed by atoms with Crippen LogP contribution in [-0.2, 0) is 9.47 Å². The number of aliphatic hydroxyl groups excluding tert-OH is 1. The number of aliphatic hydroxyl groups is 1. The van der Waals surface area contributed by atoms with Crippen LogP contribution in [0.15, 0.2) is 11.2 Å². The van der Waals surface area contributed by atoms with E-state index in [4.69, 9.17) is 4.74 Å². The molecule has 2 heterocycles. The van der Waals surface area contributed by atoms with Crippen molar-refractivity contribution in [2.45, 2.75) is 57.4 Å². The van der Waals surface area contributed by atoms with Gasteiger partial charge < -0.3 is 25.2 Å². The van der Waals surface area contributed by atoms with Crippen molar-refractivity contribution in [3.63, 3.8) is 0 Å². The molecule has 2 fully saturated rings. The molecule has 9 nitrogen and oxygen atoms in total. The highest BCUT2D eigenvalue weighted by Crippen LogP contribution is 2.25. The van der Waals surface area contributed by atoms with Crippen LogP contribution in [0, 0.1) is 5.92 Å². The molecule has 1 amide bonds. The first kappa shape index (κ1) is 22.4. The van der Waals surface area contributed by atoms with Gasteiger partial charge in [-0.2, -0.15) is 13.8 Å². The Kier molecular flexibility index (Phi) is 8.00. The summed E-state index contributed by atoms with van der Waals surface area (Å²) in [4.78, 5) is 25.5. The molecule has 1 aliphatic carbocycles. The summed E-state index contributed by atoms with van der Waals surface area (Å²) in [5.41, 5.74) is 0.219. The highest BCUT2D eigenvalue weighted by atomic mass is 19.3. The fourth-order valence-corrected chi connectivity index (χ4v) is 3.19. The third-order valence-corrected chi connectivity index (χ3v) is 4.98. The Bertz CT molecular complexity index is 740. The molecular formula is C19H27F2N5O4. The lowest BCUT2D eigenvalue weighted by molar-refractivity contribution is -0.130. The number of alkyl halides is 2. The van der Waals surface area contributed by atoms with Crippen molar-refractivity contribution in [3.8, 4) is 0 Å². The van der Waals surface area contributed by atoms with E-state index in [1.165, 1.54) is 6.20 Å². The third kappa shape index (κ3) is 6.64. The van der Waals surface area contributed by atoms with Gasteiger partial charge in [0.15, 0.2) is 5.82 Å². The Labute approximate surface area is 173 Å². The molecule has 0 aromatic carbocycles. The third-order valence-electron chi connectivity index (χ3n) is 4.98. The molecule has 0 bridgehead atoms. The van der Waals surface area contributed by atoms with Crippen LogP contribution in [0.3, 0.4) is 0 Å². The number of amides is 1. The summed E-state index contributed by atoms with van der Waals surface area (Å²) >= 11 is 0. The molecule has 30 heavy (non-hydrogen) atoms. The number of halogens is 2. The van der Waals surface area contributed by atoms with E-state index in [1.807, 2.05) is 0 Å².